The molecule has 0 aliphatic rings. The molecule has 0 aromatic heterocycles. The maximum absolute atomic E-state index is 10.2. The van der Waals surface area contributed by atoms with Crippen LogP contribution in [0.1, 0.15) is 12.0 Å². The molecule has 0 aliphatic heterocycles. The topological polar surface area (TPSA) is 46.5 Å². The summed E-state index contributed by atoms with van der Waals surface area (Å²) in [5, 5.41) is 8.40. The lowest BCUT2D eigenvalue weighted by Crippen LogP contribution is -1.89. The van der Waals surface area contributed by atoms with Gasteiger partial charge in [-0.15, -0.1) is 0 Å². The fraction of sp³-hybridized carbons (Fsp3) is 0.154. The number of hydrogen-bond donors (Lipinski definition) is 1. The Bertz CT molecular complexity index is 388. The van der Waals surface area contributed by atoms with Crippen molar-refractivity contribution in [1.29, 1.82) is 0 Å². The maximum Gasteiger partial charge on any atom is 0.307 e. The van der Waals surface area contributed by atoms with E-state index in [1.807, 2.05) is 36.4 Å². The Morgan fingerprint density at radius 1 is 1.31 bits per heavy atom. The summed E-state index contributed by atoms with van der Waals surface area (Å²) in [5.41, 5.74) is 1.04. The molecule has 1 aromatic rings. The zero-order valence-corrected chi connectivity index (χ0v) is 9.09. The van der Waals surface area contributed by atoms with Crippen molar-refractivity contribution in [2.75, 3.05) is 7.11 Å². The fourth-order valence-electron chi connectivity index (χ4n) is 1.13. The van der Waals surface area contributed by atoms with E-state index in [1.54, 1.807) is 19.3 Å². The van der Waals surface area contributed by atoms with E-state index >= 15 is 0 Å². The van der Waals surface area contributed by atoms with E-state index in [2.05, 4.69) is 0 Å². The molecular weight excluding hydrogens is 204 g/mol. The number of ether oxygens (including phenoxy) is 1. The minimum atomic E-state index is -0.825. The van der Waals surface area contributed by atoms with Crippen LogP contribution in [0.3, 0.4) is 0 Å². The number of carboxylic acid groups (broad SMARTS) is 1. The molecule has 16 heavy (non-hydrogen) atoms. The molecule has 1 N–H and O–H groups in total. The SMILES string of the molecule is COc1ccc(C=CC=CCC(=O)O)cc1. The van der Waals surface area contributed by atoms with E-state index in [1.165, 1.54) is 0 Å². The van der Waals surface area contributed by atoms with Gasteiger partial charge in [0.15, 0.2) is 0 Å². The first-order valence-corrected chi connectivity index (χ1v) is 4.91. The highest BCUT2D eigenvalue weighted by atomic mass is 16.5. The number of carbonyl (C=O) groups is 1. The van der Waals surface area contributed by atoms with Crippen molar-refractivity contribution in [3.63, 3.8) is 0 Å². The Morgan fingerprint density at radius 3 is 2.56 bits per heavy atom. The first kappa shape index (κ1) is 12.0. The van der Waals surface area contributed by atoms with Crippen LogP contribution in [0, 0.1) is 0 Å². The number of rotatable bonds is 5. The van der Waals surface area contributed by atoms with Gasteiger partial charge in [0.05, 0.1) is 13.5 Å². The zero-order chi connectivity index (χ0) is 11.8. The van der Waals surface area contributed by atoms with Crippen molar-refractivity contribution >= 4 is 12.0 Å². The van der Waals surface area contributed by atoms with Crippen molar-refractivity contribution in [3.05, 3.63) is 48.1 Å². The van der Waals surface area contributed by atoms with Gasteiger partial charge in [-0.2, -0.15) is 0 Å². The Morgan fingerprint density at radius 2 is 2.00 bits per heavy atom. The van der Waals surface area contributed by atoms with Gasteiger partial charge in [-0.3, -0.25) is 4.79 Å². The molecule has 0 unspecified atom stereocenters. The third kappa shape index (κ3) is 4.46. The van der Waals surface area contributed by atoms with Crippen molar-refractivity contribution in [2.24, 2.45) is 0 Å². The van der Waals surface area contributed by atoms with E-state index in [0.717, 1.165) is 11.3 Å². The molecule has 84 valence electrons. The lowest BCUT2D eigenvalue weighted by atomic mass is 10.2. The smallest absolute Gasteiger partial charge is 0.307 e. The van der Waals surface area contributed by atoms with Crippen molar-refractivity contribution in [2.45, 2.75) is 6.42 Å². The van der Waals surface area contributed by atoms with Crippen molar-refractivity contribution in [1.82, 2.24) is 0 Å². The van der Waals surface area contributed by atoms with Gasteiger partial charge in [0.1, 0.15) is 5.75 Å². The minimum Gasteiger partial charge on any atom is -0.497 e. The molecule has 3 heteroatoms. The molecule has 3 nitrogen and oxygen atoms in total. The second-order valence-corrected chi connectivity index (χ2v) is 3.16. The Labute approximate surface area is 94.7 Å². The fourth-order valence-corrected chi connectivity index (χ4v) is 1.13. The lowest BCUT2D eigenvalue weighted by molar-refractivity contribution is -0.135. The lowest BCUT2D eigenvalue weighted by Gasteiger charge is -1.98. The molecule has 0 aliphatic carbocycles. The molecular formula is C13H14O3. The Balaban J connectivity index is 2.49. The van der Waals surface area contributed by atoms with Crippen LogP contribution in [0.15, 0.2) is 42.5 Å². The largest absolute Gasteiger partial charge is 0.497 e. The number of carboxylic acids is 1. The first-order chi connectivity index (χ1) is 7.72. The zero-order valence-electron chi connectivity index (χ0n) is 9.09. The predicted molar refractivity (Wildman–Crippen MR) is 63.4 cm³/mol. The molecule has 1 aromatic carbocycles. The molecule has 0 heterocycles. The summed E-state index contributed by atoms with van der Waals surface area (Å²) >= 11 is 0. The van der Waals surface area contributed by atoms with Gasteiger partial charge in [-0.05, 0) is 17.7 Å². The monoisotopic (exact) mass is 218 g/mol. The molecule has 1 rings (SSSR count). The average Bonchev–Trinajstić information content (AvgIpc) is 2.29. The summed E-state index contributed by atoms with van der Waals surface area (Å²) in [7, 11) is 1.62. The summed E-state index contributed by atoms with van der Waals surface area (Å²) < 4.78 is 5.04. The summed E-state index contributed by atoms with van der Waals surface area (Å²) in [5.74, 6) is -0.00679. The quantitative estimate of drug-likeness (QED) is 0.773. The van der Waals surface area contributed by atoms with Gasteiger partial charge in [-0.25, -0.2) is 0 Å². The van der Waals surface area contributed by atoms with E-state index in [4.69, 9.17) is 9.84 Å². The third-order valence-corrected chi connectivity index (χ3v) is 1.94. The number of methoxy groups -OCH3 is 1. The Kier molecular flexibility index (Phi) is 4.86. The second kappa shape index (κ2) is 6.45. The van der Waals surface area contributed by atoms with Crippen molar-refractivity contribution in [3.8, 4) is 5.75 Å². The molecule has 0 saturated carbocycles. The van der Waals surface area contributed by atoms with Crippen molar-refractivity contribution < 1.29 is 14.6 Å². The number of hydrogen-bond acceptors (Lipinski definition) is 2. The molecule has 0 spiro atoms. The van der Waals surface area contributed by atoms with Crippen LogP contribution in [0.25, 0.3) is 6.08 Å². The van der Waals surface area contributed by atoms with Gasteiger partial charge >= 0.3 is 5.97 Å². The molecule has 0 fully saturated rings. The highest BCUT2D eigenvalue weighted by Crippen LogP contribution is 2.12. The summed E-state index contributed by atoms with van der Waals surface area (Å²) in [6.07, 6.45) is 7.08. The van der Waals surface area contributed by atoms with Crippen LogP contribution in [0.4, 0.5) is 0 Å². The number of allylic oxidation sites excluding steroid dienone is 2. The van der Waals surface area contributed by atoms with Crippen LogP contribution in [-0.4, -0.2) is 18.2 Å². The number of benzene rings is 1. The van der Waals surface area contributed by atoms with Crippen LogP contribution in [-0.2, 0) is 4.79 Å². The van der Waals surface area contributed by atoms with Gasteiger partial charge in [0, 0.05) is 0 Å². The standard InChI is InChI=1S/C13H14O3/c1-16-12-9-7-11(8-10-12)5-3-2-4-6-13(14)15/h2-5,7-10H,6H2,1H3,(H,14,15). The summed E-state index contributed by atoms with van der Waals surface area (Å²) in [6, 6.07) is 7.61. The molecule has 0 saturated heterocycles. The molecule has 0 atom stereocenters. The van der Waals surface area contributed by atoms with Crippen LogP contribution in [0.2, 0.25) is 0 Å². The van der Waals surface area contributed by atoms with Crippen LogP contribution >= 0.6 is 0 Å². The van der Waals surface area contributed by atoms with Crippen LogP contribution < -0.4 is 4.74 Å². The van der Waals surface area contributed by atoms with E-state index in [0.29, 0.717) is 0 Å². The second-order valence-electron chi connectivity index (χ2n) is 3.16. The van der Waals surface area contributed by atoms with Gasteiger partial charge < -0.3 is 9.84 Å². The number of aliphatic carboxylic acids is 1. The predicted octanol–water partition coefficient (Wildman–Crippen LogP) is 2.74. The van der Waals surface area contributed by atoms with Crippen LogP contribution in [0.5, 0.6) is 5.75 Å². The van der Waals surface area contributed by atoms with E-state index < -0.39 is 5.97 Å². The van der Waals surface area contributed by atoms with E-state index in [-0.39, 0.29) is 6.42 Å². The highest BCUT2D eigenvalue weighted by Gasteiger charge is 1.89. The first-order valence-electron chi connectivity index (χ1n) is 4.91. The van der Waals surface area contributed by atoms with Gasteiger partial charge in [0.25, 0.3) is 0 Å². The molecule has 0 radical (unpaired) electrons. The third-order valence-electron chi connectivity index (χ3n) is 1.94. The average molecular weight is 218 g/mol. The maximum atomic E-state index is 10.2. The van der Waals surface area contributed by atoms with E-state index in [9.17, 15) is 4.79 Å². The van der Waals surface area contributed by atoms with Gasteiger partial charge in [-0.1, -0.05) is 36.4 Å². The normalized spacial score (nSPS) is 11.1. The summed E-state index contributed by atoms with van der Waals surface area (Å²) in [4.78, 5) is 10.2. The summed E-state index contributed by atoms with van der Waals surface area (Å²) in [6.45, 7) is 0. The molecule has 0 bridgehead atoms. The minimum absolute atomic E-state index is 0.0486. The van der Waals surface area contributed by atoms with Gasteiger partial charge in [0.2, 0.25) is 0 Å². The Hall–Kier alpha value is -2.03. The highest BCUT2D eigenvalue weighted by molar-refractivity contribution is 5.68. The molecule has 0 amide bonds.